The molecule has 0 aliphatic rings. The topological polar surface area (TPSA) is 27.7 Å². The van der Waals surface area contributed by atoms with E-state index in [2.05, 4.69) is 6.92 Å². The van der Waals surface area contributed by atoms with Gasteiger partial charge in [0.2, 0.25) is 0 Å². The lowest BCUT2D eigenvalue weighted by Gasteiger charge is -2.28. The van der Waals surface area contributed by atoms with Gasteiger partial charge in [0.15, 0.2) is 29.3 Å². The summed E-state index contributed by atoms with van der Waals surface area (Å²) in [6, 6.07) is 0. The van der Waals surface area contributed by atoms with Crippen molar-refractivity contribution in [2.45, 2.75) is 17.6 Å². The fraction of sp³-hybridized carbons (Fsp3) is 1.00. The van der Waals surface area contributed by atoms with Crippen LogP contribution in [0.2, 0.25) is 4.28 Å². The highest BCUT2D eigenvalue weighted by atomic mass is 28.4. The van der Waals surface area contributed by atoms with Crippen molar-refractivity contribution in [2.75, 3.05) is 21.3 Å². The first-order valence-electron chi connectivity index (χ1n) is 4.21. The quantitative estimate of drug-likeness (QED) is 0.501. The molecule has 0 rings (SSSR count). The summed E-state index contributed by atoms with van der Waals surface area (Å²) in [5, 5.41) is 0. The number of hydrogen-bond donors (Lipinski definition) is 0. The third-order valence-electron chi connectivity index (χ3n) is 2.10. The summed E-state index contributed by atoms with van der Waals surface area (Å²) < 4.78 is 16.5. The Morgan fingerprint density at radius 2 is 1.25 bits per heavy atom. The molecular weight excluding hydrogens is 204 g/mol. The van der Waals surface area contributed by atoms with Crippen LogP contribution >= 0.6 is 0 Å². The number of rotatable bonds is 7. The van der Waals surface area contributed by atoms with Gasteiger partial charge in [-0.3, -0.25) is 0 Å². The Bertz CT molecular complexity index is 95.2. The highest BCUT2D eigenvalue weighted by molar-refractivity contribution is 6.73. The SMILES string of the molecule is CCC([SiH2]OC)([SiH2]OC)[SiH2]OC. The van der Waals surface area contributed by atoms with Crippen LogP contribution in [0.5, 0.6) is 0 Å². The molecule has 12 heavy (non-hydrogen) atoms. The molecule has 0 N–H and O–H groups in total. The molecule has 6 heteroatoms. The molecule has 0 aliphatic carbocycles. The lowest BCUT2D eigenvalue weighted by molar-refractivity contribution is 0.386. The van der Waals surface area contributed by atoms with Gasteiger partial charge in [-0.1, -0.05) is 13.3 Å². The van der Waals surface area contributed by atoms with Crippen molar-refractivity contribution in [2.24, 2.45) is 0 Å². The van der Waals surface area contributed by atoms with Crippen molar-refractivity contribution in [3.8, 4) is 0 Å². The van der Waals surface area contributed by atoms with E-state index in [1.54, 1.807) is 0 Å². The van der Waals surface area contributed by atoms with Crippen LogP contribution in [0.1, 0.15) is 13.3 Å². The second kappa shape index (κ2) is 6.98. The summed E-state index contributed by atoms with van der Waals surface area (Å²) in [5.41, 5.74) is 0. The molecule has 0 amide bonds. The van der Waals surface area contributed by atoms with Crippen LogP contribution in [0.4, 0.5) is 0 Å². The van der Waals surface area contributed by atoms with Crippen LogP contribution in [0.25, 0.3) is 0 Å². The lowest BCUT2D eigenvalue weighted by atomic mass is 10.6. The molecular formula is C6H20O3Si3. The predicted octanol–water partition coefficient (Wildman–Crippen LogP) is -1.34. The maximum absolute atomic E-state index is 5.35. The van der Waals surface area contributed by atoms with E-state index in [1.807, 2.05) is 21.3 Å². The van der Waals surface area contributed by atoms with Gasteiger partial charge in [-0.25, -0.2) is 0 Å². The number of hydrogen-bond acceptors (Lipinski definition) is 3. The summed E-state index contributed by atoms with van der Waals surface area (Å²) in [4.78, 5) is 0. The molecule has 0 saturated carbocycles. The van der Waals surface area contributed by atoms with Gasteiger partial charge in [0, 0.05) is 25.6 Å². The monoisotopic (exact) mass is 224 g/mol. The van der Waals surface area contributed by atoms with E-state index in [1.165, 1.54) is 6.42 Å². The van der Waals surface area contributed by atoms with Gasteiger partial charge in [-0.05, 0) is 0 Å². The molecule has 0 heterocycles. The van der Waals surface area contributed by atoms with E-state index in [9.17, 15) is 0 Å². The van der Waals surface area contributed by atoms with E-state index in [0.29, 0.717) is 4.28 Å². The highest BCUT2D eigenvalue weighted by Crippen LogP contribution is 2.26. The maximum Gasteiger partial charge on any atom is 0.165 e. The van der Waals surface area contributed by atoms with Crippen LogP contribution < -0.4 is 0 Å². The van der Waals surface area contributed by atoms with E-state index in [0.717, 1.165) is 0 Å². The van der Waals surface area contributed by atoms with Crippen LogP contribution in [-0.2, 0) is 13.3 Å². The van der Waals surface area contributed by atoms with Crippen molar-refractivity contribution >= 4 is 29.3 Å². The van der Waals surface area contributed by atoms with Gasteiger partial charge in [0.1, 0.15) is 0 Å². The van der Waals surface area contributed by atoms with Crippen LogP contribution in [0.15, 0.2) is 0 Å². The van der Waals surface area contributed by atoms with Crippen molar-refractivity contribution < 1.29 is 13.3 Å². The van der Waals surface area contributed by atoms with Crippen molar-refractivity contribution in [1.29, 1.82) is 0 Å². The molecule has 0 saturated heterocycles. The van der Waals surface area contributed by atoms with Crippen molar-refractivity contribution in [1.82, 2.24) is 0 Å². The van der Waals surface area contributed by atoms with Crippen LogP contribution in [-0.4, -0.2) is 50.6 Å². The van der Waals surface area contributed by atoms with Crippen molar-refractivity contribution in [3.63, 3.8) is 0 Å². The third kappa shape index (κ3) is 3.97. The average molecular weight is 224 g/mol. The second-order valence-electron chi connectivity index (χ2n) is 3.15. The standard InChI is InChI=1S/C6H20O3Si3/c1-5-6(10-7-2,11-8-3)12-9-4/h5,10-12H2,1-4H3. The summed E-state index contributed by atoms with van der Waals surface area (Å²) in [7, 11) is 4.17. The van der Waals surface area contributed by atoms with Gasteiger partial charge in [-0.15, -0.1) is 0 Å². The molecule has 3 nitrogen and oxygen atoms in total. The molecule has 0 fully saturated rings. The first-order chi connectivity index (χ1) is 5.74. The molecule has 0 bridgehead atoms. The summed E-state index contributed by atoms with van der Waals surface area (Å²) in [6.07, 6.45) is 1.19. The highest BCUT2D eigenvalue weighted by Gasteiger charge is 2.30. The normalized spacial score (nSPS) is 19.0. The van der Waals surface area contributed by atoms with Gasteiger partial charge in [0.05, 0.1) is 0 Å². The molecule has 0 atom stereocenters. The lowest BCUT2D eigenvalue weighted by Crippen LogP contribution is -2.36. The summed E-state index contributed by atoms with van der Waals surface area (Å²) in [5.74, 6) is 0. The predicted molar refractivity (Wildman–Crippen MR) is 59.6 cm³/mol. The largest absolute Gasteiger partial charge is 0.427 e. The fourth-order valence-corrected chi connectivity index (χ4v) is 8.47. The van der Waals surface area contributed by atoms with E-state index >= 15 is 0 Å². The average Bonchev–Trinajstić information content (AvgIpc) is 2.06. The third-order valence-corrected chi connectivity index (χ3v) is 9.98. The smallest absolute Gasteiger partial charge is 0.165 e. The fourth-order valence-electron chi connectivity index (χ4n) is 1.35. The molecule has 0 aliphatic heterocycles. The Labute approximate surface area is 82.0 Å². The second-order valence-corrected chi connectivity index (χ2v) is 13.3. The van der Waals surface area contributed by atoms with Gasteiger partial charge in [0.25, 0.3) is 0 Å². The summed E-state index contributed by atoms with van der Waals surface area (Å²) in [6.45, 7) is 2.23. The van der Waals surface area contributed by atoms with Crippen LogP contribution in [0, 0.1) is 0 Å². The van der Waals surface area contributed by atoms with Crippen LogP contribution in [0.3, 0.4) is 0 Å². The Morgan fingerprint density at radius 1 is 0.917 bits per heavy atom. The zero-order chi connectivity index (χ0) is 9.45. The van der Waals surface area contributed by atoms with Crippen molar-refractivity contribution in [3.05, 3.63) is 0 Å². The molecule has 0 aromatic rings. The molecule has 0 aromatic heterocycles. The Balaban J connectivity index is 4.06. The van der Waals surface area contributed by atoms with Gasteiger partial charge < -0.3 is 13.3 Å². The molecule has 74 valence electrons. The minimum absolute atomic E-state index is 0.420. The maximum atomic E-state index is 5.35. The van der Waals surface area contributed by atoms with E-state index < -0.39 is 29.3 Å². The first-order valence-corrected chi connectivity index (χ1v) is 8.07. The first kappa shape index (κ1) is 12.5. The molecule has 0 aromatic carbocycles. The zero-order valence-electron chi connectivity index (χ0n) is 8.55. The molecule has 0 radical (unpaired) electrons. The Kier molecular flexibility index (Phi) is 7.29. The molecule has 0 spiro atoms. The van der Waals surface area contributed by atoms with Gasteiger partial charge in [-0.2, -0.15) is 0 Å². The summed E-state index contributed by atoms with van der Waals surface area (Å²) >= 11 is 0. The zero-order valence-corrected chi connectivity index (χ0v) is 12.8. The molecule has 0 unspecified atom stereocenters. The minimum atomic E-state index is -0.420. The van der Waals surface area contributed by atoms with E-state index in [-0.39, 0.29) is 0 Å². The van der Waals surface area contributed by atoms with Gasteiger partial charge >= 0.3 is 0 Å². The van der Waals surface area contributed by atoms with E-state index in [4.69, 9.17) is 13.3 Å². The Hall–Kier alpha value is 0.531. The minimum Gasteiger partial charge on any atom is -0.427 e. The Morgan fingerprint density at radius 3 is 1.42 bits per heavy atom.